The number of allylic oxidation sites excluding steroid dienone is 3. The predicted molar refractivity (Wildman–Crippen MR) is 40.5 cm³/mol. The van der Waals surface area contributed by atoms with Crippen molar-refractivity contribution in [2.24, 2.45) is 11.5 Å². The molecule has 56 valence electrons. The molecule has 0 aliphatic rings. The highest BCUT2D eigenvalue weighted by atomic mass is 19.1. The summed E-state index contributed by atoms with van der Waals surface area (Å²) < 4.78 is 12.5. The summed E-state index contributed by atoms with van der Waals surface area (Å²) in [6.45, 7) is 4.88. The first-order valence-electron chi connectivity index (χ1n) is 2.78. The summed E-state index contributed by atoms with van der Waals surface area (Å²) in [5, 5.41) is 0. The summed E-state index contributed by atoms with van der Waals surface area (Å²) in [5.74, 6) is -0.542. The van der Waals surface area contributed by atoms with Crippen molar-refractivity contribution in [3.63, 3.8) is 0 Å². The molecule has 0 aromatic carbocycles. The highest BCUT2D eigenvalue weighted by Gasteiger charge is 1.93. The van der Waals surface area contributed by atoms with Gasteiger partial charge in [0.15, 0.2) is 0 Å². The average Bonchev–Trinajstić information content (AvgIpc) is 1.87. The van der Waals surface area contributed by atoms with Crippen LogP contribution in [0.25, 0.3) is 0 Å². The molecular formula is C7H11FN2. The predicted octanol–water partition coefficient (Wildman–Crippen LogP) is 1.17. The van der Waals surface area contributed by atoms with Crippen LogP contribution in [0.2, 0.25) is 0 Å². The molecule has 0 atom stereocenters. The van der Waals surface area contributed by atoms with Crippen LogP contribution >= 0.6 is 0 Å². The normalized spacial score (nSPS) is 13.4. The topological polar surface area (TPSA) is 52.0 Å². The molecule has 0 radical (unpaired) electrons. The van der Waals surface area contributed by atoms with Crippen LogP contribution in [0.3, 0.4) is 0 Å². The molecule has 0 saturated carbocycles. The van der Waals surface area contributed by atoms with Crippen LogP contribution in [0.4, 0.5) is 4.39 Å². The van der Waals surface area contributed by atoms with Crippen LogP contribution < -0.4 is 11.5 Å². The number of nitrogens with two attached hydrogens (primary N) is 2. The van der Waals surface area contributed by atoms with Gasteiger partial charge in [-0.05, 0) is 24.8 Å². The number of hydrogen-bond acceptors (Lipinski definition) is 2. The molecule has 0 unspecified atom stereocenters. The van der Waals surface area contributed by atoms with Gasteiger partial charge >= 0.3 is 0 Å². The largest absolute Gasteiger partial charge is 0.404 e. The third-order valence-corrected chi connectivity index (χ3v) is 0.924. The van der Waals surface area contributed by atoms with E-state index in [2.05, 4.69) is 6.58 Å². The monoisotopic (exact) mass is 142 g/mol. The lowest BCUT2D eigenvalue weighted by Gasteiger charge is -1.93. The van der Waals surface area contributed by atoms with Crippen molar-refractivity contribution in [1.29, 1.82) is 0 Å². The maximum Gasteiger partial charge on any atom is 0.145 e. The maximum atomic E-state index is 12.5. The van der Waals surface area contributed by atoms with Gasteiger partial charge in [-0.1, -0.05) is 6.58 Å². The lowest BCUT2D eigenvalue weighted by molar-refractivity contribution is 0.648. The molecule has 0 aromatic heterocycles. The minimum Gasteiger partial charge on any atom is -0.404 e. The van der Waals surface area contributed by atoms with Crippen molar-refractivity contribution < 1.29 is 4.39 Å². The first kappa shape index (κ1) is 8.75. The SMILES string of the molecule is C=C(N)/C(F)=C\C(C)=C/N. The summed E-state index contributed by atoms with van der Waals surface area (Å²) in [6, 6.07) is 0. The van der Waals surface area contributed by atoms with E-state index in [4.69, 9.17) is 11.5 Å². The van der Waals surface area contributed by atoms with E-state index >= 15 is 0 Å². The minimum atomic E-state index is -0.542. The molecule has 0 saturated heterocycles. The summed E-state index contributed by atoms with van der Waals surface area (Å²) >= 11 is 0. The van der Waals surface area contributed by atoms with Gasteiger partial charge in [-0.15, -0.1) is 0 Å². The van der Waals surface area contributed by atoms with Gasteiger partial charge in [0.2, 0.25) is 0 Å². The summed E-state index contributed by atoms with van der Waals surface area (Å²) in [4.78, 5) is 0. The molecule has 2 nitrogen and oxygen atoms in total. The minimum absolute atomic E-state index is 0.0822. The van der Waals surface area contributed by atoms with E-state index in [0.29, 0.717) is 5.57 Å². The Morgan fingerprint density at radius 1 is 1.60 bits per heavy atom. The zero-order valence-corrected chi connectivity index (χ0v) is 5.89. The Balaban J connectivity index is 4.31. The molecule has 4 N–H and O–H groups in total. The van der Waals surface area contributed by atoms with Gasteiger partial charge in [0.25, 0.3) is 0 Å². The zero-order valence-electron chi connectivity index (χ0n) is 5.89. The molecule has 0 rings (SSSR count). The molecule has 0 aromatic rings. The van der Waals surface area contributed by atoms with Gasteiger partial charge < -0.3 is 11.5 Å². The molecule has 0 amide bonds. The van der Waals surface area contributed by atoms with Gasteiger partial charge in [0.05, 0.1) is 5.70 Å². The Bertz CT molecular complexity index is 192. The first-order chi connectivity index (χ1) is 4.57. The van der Waals surface area contributed by atoms with Crippen LogP contribution in [-0.2, 0) is 0 Å². The molecule has 0 aliphatic carbocycles. The molecule has 0 bridgehead atoms. The van der Waals surface area contributed by atoms with E-state index in [9.17, 15) is 4.39 Å². The first-order valence-corrected chi connectivity index (χ1v) is 2.78. The van der Waals surface area contributed by atoms with E-state index < -0.39 is 5.83 Å². The fraction of sp³-hybridized carbons (Fsp3) is 0.143. The third kappa shape index (κ3) is 2.91. The quantitative estimate of drug-likeness (QED) is 0.569. The average molecular weight is 142 g/mol. The van der Waals surface area contributed by atoms with Crippen molar-refractivity contribution in [3.8, 4) is 0 Å². The second-order valence-electron chi connectivity index (χ2n) is 1.93. The lowest BCUT2D eigenvalue weighted by atomic mass is 10.2. The third-order valence-electron chi connectivity index (χ3n) is 0.924. The lowest BCUT2D eigenvalue weighted by Crippen LogP contribution is -1.95. The summed E-state index contributed by atoms with van der Waals surface area (Å²) in [6.07, 6.45) is 2.52. The maximum absolute atomic E-state index is 12.5. The van der Waals surface area contributed by atoms with Crippen LogP contribution in [-0.4, -0.2) is 0 Å². The Kier molecular flexibility index (Phi) is 3.25. The molecular weight excluding hydrogens is 131 g/mol. The van der Waals surface area contributed by atoms with E-state index in [1.165, 1.54) is 12.3 Å². The number of halogens is 1. The summed E-state index contributed by atoms with van der Waals surface area (Å²) in [7, 11) is 0. The Morgan fingerprint density at radius 2 is 2.10 bits per heavy atom. The van der Waals surface area contributed by atoms with Gasteiger partial charge in [0, 0.05) is 0 Å². The molecule has 0 spiro atoms. The second kappa shape index (κ2) is 3.71. The van der Waals surface area contributed by atoms with Crippen molar-refractivity contribution >= 4 is 0 Å². The standard InChI is InChI=1S/C7H11FN2/c1-5(4-9)3-7(8)6(2)10/h3-4H,2,9-10H2,1H3/b5-4-,7-3+. The molecule has 10 heavy (non-hydrogen) atoms. The van der Waals surface area contributed by atoms with Crippen molar-refractivity contribution in [3.05, 3.63) is 36.0 Å². The molecule has 0 heterocycles. The van der Waals surface area contributed by atoms with Gasteiger partial charge in [0.1, 0.15) is 5.83 Å². The van der Waals surface area contributed by atoms with E-state index in [0.717, 1.165) is 0 Å². The van der Waals surface area contributed by atoms with Crippen LogP contribution in [0, 0.1) is 0 Å². The van der Waals surface area contributed by atoms with Gasteiger partial charge in [-0.2, -0.15) is 0 Å². The van der Waals surface area contributed by atoms with Crippen LogP contribution in [0.1, 0.15) is 6.92 Å². The smallest absolute Gasteiger partial charge is 0.145 e. The second-order valence-corrected chi connectivity index (χ2v) is 1.93. The fourth-order valence-corrected chi connectivity index (χ4v) is 0.341. The molecule has 0 fully saturated rings. The fourth-order valence-electron chi connectivity index (χ4n) is 0.341. The van der Waals surface area contributed by atoms with Gasteiger partial charge in [-0.25, -0.2) is 4.39 Å². The Morgan fingerprint density at radius 3 is 2.40 bits per heavy atom. The van der Waals surface area contributed by atoms with Gasteiger partial charge in [-0.3, -0.25) is 0 Å². The number of rotatable bonds is 2. The summed E-state index contributed by atoms with van der Waals surface area (Å²) in [5.41, 5.74) is 10.6. The van der Waals surface area contributed by atoms with Crippen LogP contribution in [0.5, 0.6) is 0 Å². The molecule has 3 heteroatoms. The Hall–Kier alpha value is -1.25. The van der Waals surface area contributed by atoms with E-state index in [1.54, 1.807) is 6.92 Å². The zero-order chi connectivity index (χ0) is 8.15. The van der Waals surface area contributed by atoms with Crippen molar-refractivity contribution in [1.82, 2.24) is 0 Å². The van der Waals surface area contributed by atoms with Crippen LogP contribution in [0.15, 0.2) is 36.0 Å². The van der Waals surface area contributed by atoms with Crippen molar-refractivity contribution in [2.75, 3.05) is 0 Å². The van der Waals surface area contributed by atoms with E-state index in [1.807, 2.05) is 0 Å². The highest BCUT2D eigenvalue weighted by molar-refractivity contribution is 5.27. The van der Waals surface area contributed by atoms with Crippen molar-refractivity contribution in [2.45, 2.75) is 6.92 Å². The molecule has 0 aliphatic heterocycles. The highest BCUT2D eigenvalue weighted by Crippen LogP contribution is 2.06. The van der Waals surface area contributed by atoms with E-state index in [-0.39, 0.29) is 5.70 Å². The number of hydrogen-bond donors (Lipinski definition) is 2. The Labute approximate surface area is 59.7 Å².